The van der Waals surface area contributed by atoms with Gasteiger partial charge in [0.05, 0.1) is 27.1 Å². The molecular formula is C39H64N6S2. The van der Waals surface area contributed by atoms with Gasteiger partial charge in [-0.1, -0.05) is 113 Å². The number of hydrogen-bond donors (Lipinski definition) is 0. The van der Waals surface area contributed by atoms with Gasteiger partial charge in [-0.15, -0.1) is 22.7 Å². The van der Waals surface area contributed by atoms with Gasteiger partial charge >= 0.3 is 0 Å². The average Bonchev–Trinajstić information content (AvgIpc) is 3.85. The molecule has 4 aromatic heterocycles. The molecule has 8 heteroatoms. The van der Waals surface area contributed by atoms with Crippen molar-refractivity contribution in [2.45, 2.75) is 127 Å². The third-order valence-electron chi connectivity index (χ3n) is 6.48. The number of hydrogen-bond acceptors (Lipinski definition) is 6. The molecule has 262 valence electrons. The smallest absolute Gasteiger partial charge is 0.0953 e. The van der Waals surface area contributed by atoms with Gasteiger partial charge in [-0.3, -0.25) is 9.36 Å². The summed E-state index contributed by atoms with van der Waals surface area (Å²) >= 11 is 3.47. The van der Waals surface area contributed by atoms with E-state index in [4.69, 9.17) is 0 Å². The van der Waals surface area contributed by atoms with Crippen molar-refractivity contribution in [2.24, 2.45) is 14.1 Å². The third-order valence-corrected chi connectivity index (χ3v) is 8.53. The van der Waals surface area contributed by atoms with Gasteiger partial charge in [0, 0.05) is 48.9 Å². The summed E-state index contributed by atoms with van der Waals surface area (Å²) in [5.41, 5.74) is 6.11. The quantitative estimate of drug-likeness (QED) is 0.185. The summed E-state index contributed by atoms with van der Waals surface area (Å²) in [5, 5.41) is 15.1. The summed E-state index contributed by atoms with van der Waals surface area (Å²) in [7, 11) is 3.87. The molecule has 0 amide bonds. The molecule has 0 atom stereocenters. The van der Waals surface area contributed by atoms with Crippen LogP contribution in [-0.2, 0) is 14.1 Å². The van der Waals surface area contributed by atoms with E-state index in [1.54, 1.807) is 22.7 Å². The van der Waals surface area contributed by atoms with Gasteiger partial charge in [-0.25, -0.2) is 9.97 Å². The molecule has 5 aromatic rings. The van der Waals surface area contributed by atoms with E-state index in [9.17, 15) is 0 Å². The Bertz CT molecular complexity index is 1260. The van der Waals surface area contributed by atoms with Crippen molar-refractivity contribution >= 4 is 22.7 Å². The summed E-state index contributed by atoms with van der Waals surface area (Å²) in [6.07, 6.45) is 3.94. The number of thiazole rings is 2. The molecule has 0 N–H and O–H groups in total. The van der Waals surface area contributed by atoms with E-state index >= 15 is 0 Å². The molecule has 0 radical (unpaired) electrons. The molecule has 47 heavy (non-hydrogen) atoms. The van der Waals surface area contributed by atoms with Gasteiger partial charge < -0.3 is 0 Å². The van der Waals surface area contributed by atoms with Crippen molar-refractivity contribution < 1.29 is 0 Å². The molecule has 1 aromatic carbocycles. The second kappa shape index (κ2) is 24.1. The van der Waals surface area contributed by atoms with E-state index < -0.39 is 0 Å². The van der Waals surface area contributed by atoms with E-state index in [2.05, 4.69) is 124 Å². The summed E-state index contributed by atoms with van der Waals surface area (Å²) in [6.45, 7) is 29.7. The number of rotatable bonds is 5. The fourth-order valence-corrected chi connectivity index (χ4v) is 5.19. The van der Waals surface area contributed by atoms with Crippen LogP contribution in [0.25, 0.3) is 0 Å². The van der Waals surface area contributed by atoms with E-state index in [-0.39, 0.29) is 0 Å². The summed E-state index contributed by atoms with van der Waals surface area (Å²) < 4.78 is 3.66. The Hall–Kier alpha value is -3.10. The fraction of sp³-hybridized carbons (Fsp3) is 0.538. The minimum absolute atomic E-state index is 0.547. The number of nitrogens with zero attached hydrogens (tertiary/aromatic N) is 6. The SMILES string of the molecule is CC.CC(C)c1ccccc1.CC(C)c1ccn(C)n1.CC(C)c1ccn(C)n1.Cc1csc(C(C)C)n1.Cc1nc(C(C)C)cs1. The Morgan fingerprint density at radius 2 is 1.00 bits per heavy atom. The van der Waals surface area contributed by atoms with Crippen LogP contribution in [0.15, 0.2) is 65.6 Å². The van der Waals surface area contributed by atoms with Crippen LogP contribution in [0.5, 0.6) is 0 Å². The van der Waals surface area contributed by atoms with Crippen LogP contribution in [0.2, 0.25) is 0 Å². The summed E-state index contributed by atoms with van der Waals surface area (Å²) in [4.78, 5) is 8.66. The Morgan fingerprint density at radius 3 is 1.19 bits per heavy atom. The van der Waals surface area contributed by atoms with Gasteiger partial charge in [0.1, 0.15) is 0 Å². The van der Waals surface area contributed by atoms with E-state index in [0.29, 0.717) is 29.6 Å². The molecule has 0 unspecified atom stereocenters. The van der Waals surface area contributed by atoms with E-state index in [0.717, 1.165) is 17.1 Å². The standard InChI is InChI=1S/C9H12.2C7H12N2.2C7H11NS.C2H6/c1-8(2)9-6-4-3-5-7-9;2*1-6(2)7-4-5-9(3)8-7;1-5(2)7-4-9-6(3)8-7;1-5(2)7-8-6(3)4-9-7;1-2/h3-8H,1-2H3;2*4-6H,1-3H3;2*4-5H,1-3H3;1-2H3. The minimum Gasteiger partial charge on any atom is -0.276 e. The van der Waals surface area contributed by atoms with Crippen LogP contribution < -0.4 is 0 Å². The molecule has 0 fully saturated rings. The normalized spacial score (nSPS) is 10.2. The highest BCUT2D eigenvalue weighted by atomic mass is 32.1. The molecule has 0 spiro atoms. The number of benzene rings is 1. The average molecular weight is 681 g/mol. The first kappa shape index (κ1) is 43.9. The topological polar surface area (TPSA) is 61.4 Å². The first-order valence-corrected chi connectivity index (χ1v) is 18.7. The van der Waals surface area contributed by atoms with Crippen LogP contribution in [0.3, 0.4) is 0 Å². The van der Waals surface area contributed by atoms with Crippen LogP contribution in [0.4, 0.5) is 0 Å². The Balaban J connectivity index is 0.000000555. The second-order valence-corrected chi connectivity index (χ2v) is 14.6. The Kier molecular flexibility index (Phi) is 22.5. The van der Waals surface area contributed by atoms with Crippen LogP contribution in [0.1, 0.15) is 151 Å². The lowest BCUT2D eigenvalue weighted by atomic mass is 10.0. The lowest BCUT2D eigenvalue weighted by Crippen LogP contribution is -1.92. The van der Waals surface area contributed by atoms with Gasteiger partial charge in [0.15, 0.2) is 0 Å². The largest absolute Gasteiger partial charge is 0.276 e. The molecule has 0 saturated heterocycles. The minimum atomic E-state index is 0.547. The maximum Gasteiger partial charge on any atom is 0.0953 e. The van der Waals surface area contributed by atoms with Crippen molar-refractivity contribution in [3.05, 3.63) is 104 Å². The zero-order valence-corrected chi connectivity index (χ0v) is 33.9. The highest BCUT2D eigenvalue weighted by molar-refractivity contribution is 7.09. The maximum atomic E-state index is 4.33. The monoisotopic (exact) mass is 680 g/mol. The van der Waals surface area contributed by atoms with Crippen LogP contribution in [0, 0.1) is 13.8 Å². The number of aryl methyl sites for hydroxylation is 4. The summed E-state index contributed by atoms with van der Waals surface area (Å²) in [5.74, 6) is 2.92. The van der Waals surface area contributed by atoms with Gasteiger partial charge in [0.2, 0.25) is 0 Å². The van der Waals surface area contributed by atoms with Crippen LogP contribution >= 0.6 is 22.7 Å². The van der Waals surface area contributed by atoms with Crippen LogP contribution in [-0.4, -0.2) is 29.5 Å². The van der Waals surface area contributed by atoms with Crippen molar-refractivity contribution in [3.8, 4) is 0 Å². The lowest BCUT2D eigenvalue weighted by molar-refractivity contribution is 0.713. The first-order chi connectivity index (χ1) is 22.1. The van der Waals surface area contributed by atoms with Crippen molar-refractivity contribution in [1.82, 2.24) is 29.5 Å². The zero-order valence-electron chi connectivity index (χ0n) is 32.2. The highest BCUT2D eigenvalue weighted by Gasteiger charge is 2.02. The fourth-order valence-electron chi connectivity index (χ4n) is 3.60. The van der Waals surface area contributed by atoms with Crippen molar-refractivity contribution in [1.29, 1.82) is 0 Å². The number of aromatic nitrogens is 6. The van der Waals surface area contributed by atoms with Crippen molar-refractivity contribution in [2.75, 3.05) is 0 Å². The molecule has 0 saturated carbocycles. The molecule has 4 heterocycles. The summed E-state index contributed by atoms with van der Waals surface area (Å²) in [6, 6.07) is 14.6. The van der Waals surface area contributed by atoms with E-state index in [1.165, 1.54) is 21.3 Å². The van der Waals surface area contributed by atoms with Gasteiger partial charge in [0.25, 0.3) is 0 Å². The first-order valence-electron chi connectivity index (χ1n) is 17.0. The molecule has 0 aliphatic carbocycles. The van der Waals surface area contributed by atoms with Gasteiger partial charge in [-0.2, -0.15) is 10.2 Å². The maximum absolute atomic E-state index is 4.33. The van der Waals surface area contributed by atoms with E-state index in [1.807, 2.05) is 81.7 Å². The molecular weight excluding hydrogens is 617 g/mol. The molecule has 0 bridgehead atoms. The Labute approximate surface area is 295 Å². The predicted molar refractivity (Wildman–Crippen MR) is 208 cm³/mol. The van der Waals surface area contributed by atoms with Crippen molar-refractivity contribution in [3.63, 3.8) is 0 Å². The lowest BCUT2D eigenvalue weighted by Gasteiger charge is -2.01. The molecule has 6 nitrogen and oxygen atoms in total. The zero-order chi connectivity index (χ0) is 36.1. The molecule has 0 aliphatic heterocycles. The molecule has 0 aliphatic rings. The third kappa shape index (κ3) is 19.3. The second-order valence-electron chi connectivity index (χ2n) is 12.6. The molecule has 5 rings (SSSR count). The van der Waals surface area contributed by atoms with Gasteiger partial charge in [-0.05, 0) is 55.2 Å². The predicted octanol–water partition coefficient (Wildman–Crippen LogP) is 12.1. The Morgan fingerprint density at radius 1 is 0.532 bits per heavy atom. The highest BCUT2D eigenvalue weighted by Crippen LogP contribution is 2.18.